The zero-order chi connectivity index (χ0) is 11.9. The molecule has 2 rings (SSSR count). The molecular weight excluding hydrogens is 210 g/mol. The van der Waals surface area contributed by atoms with Crippen LogP contribution in [0, 0.1) is 0 Å². The minimum atomic E-state index is 0.761. The van der Waals surface area contributed by atoms with Gasteiger partial charge >= 0.3 is 0 Å². The van der Waals surface area contributed by atoms with Gasteiger partial charge in [-0.05, 0) is 17.9 Å². The first kappa shape index (κ1) is 11.9. The van der Waals surface area contributed by atoms with Gasteiger partial charge in [-0.15, -0.1) is 0 Å². The van der Waals surface area contributed by atoms with E-state index < -0.39 is 0 Å². The molecule has 0 amide bonds. The molecule has 0 atom stereocenters. The van der Waals surface area contributed by atoms with Gasteiger partial charge in [0, 0.05) is 24.2 Å². The average Bonchev–Trinajstić information content (AvgIpc) is 2.39. The third-order valence-electron chi connectivity index (χ3n) is 2.70. The third kappa shape index (κ3) is 3.21. The number of ether oxygens (including phenoxy) is 1. The normalized spacial score (nSPS) is 10.6. The van der Waals surface area contributed by atoms with Crippen LogP contribution >= 0.6 is 0 Å². The van der Waals surface area contributed by atoms with Crippen molar-refractivity contribution in [3.05, 3.63) is 42.5 Å². The Kier molecular flexibility index (Phi) is 4.39. The van der Waals surface area contributed by atoms with Crippen LogP contribution in [0.3, 0.4) is 0 Å². The molecule has 0 bridgehead atoms. The highest BCUT2D eigenvalue weighted by atomic mass is 16.5. The molecule has 0 saturated heterocycles. The lowest BCUT2D eigenvalue weighted by Gasteiger charge is -2.09. The van der Waals surface area contributed by atoms with Crippen LogP contribution < -0.4 is 5.32 Å². The minimum Gasteiger partial charge on any atom is -0.382 e. The van der Waals surface area contributed by atoms with E-state index in [-0.39, 0.29) is 0 Å². The van der Waals surface area contributed by atoms with E-state index >= 15 is 0 Å². The molecule has 0 aliphatic heterocycles. The van der Waals surface area contributed by atoms with Crippen molar-refractivity contribution in [1.29, 1.82) is 0 Å². The van der Waals surface area contributed by atoms with Gasteiger partial charge in [0.2, 0.25) is 0 Å². The predicted octanol–water partition coefficient (Wildman–Crippen LogP) is 3.68. The van der Waals surface area contributed by atoms with Gasteiger partial charge in [-0.3, -0.25) is 0 Å². The van der Waals surface area contributed by atoms with Gasteiger partial charge in [-0.1, -0.05) is 43.3 Å². The molecule has 0 spiro atoms. The fourth-order valence-corrected chi connectivity index (χ4v) is 1.88. The highest BCUT2D eigenvalue weighted by molar-refractivity contribution is 5.93. The standard InChI is InChI=1S/C15H19NO/c1-2-11-17-12-10-16-15-9-5-7-13-6-3-4-8-14(13)15/h3-9,16H,2,10-12H2,1H3. The zero-order valence-electron chi connectivity index (χ0n) is 10.3. The SMILES string of the molecule is CCCOCCNc1cccc2ccccc12. The van der Waals surface area contributed by atoms with E-state index in [1.54, 1.807) is 0 Å². The Balaban J connectivity index is 1.98. The van der Waals surface area contributed by atoms with Gasteiger partial charge in [0.15, 0.2) is 0 Å². The molecule has 2 aromatic rings. The molecule has 90 valence electrons. The van der Waals surface area contributed by atoms with Gasteiger partial charge in [0.25, 0.3) is 0 Å². The largest absolute Gasteiger partial charge is 0.382 e. The quantitative estimate of drug-likeness (QED) is 0.763. The fourth-order valence-electron chi connectivity index (χ4n) is 1.88. The summed E-state index contributed by atoms with van der Waals surface area (Å²) in [6, 6.07) is 14.7. The second-order valence-electron chi connectivity index (χ2n) is 4.07. The molecule has 0 aliphatic rings. The lowest BCUT2D eigenvalue weighted by atomic mass is 10.1. The number of anilines is 1. The van der Waals surface area contributed by atoms with E-state index in [1.165, 1.54) is 16.5 Å². The summed E-state index contributed by atoms with van der Waals surface area (Å²) >= 11 is 0. The molecule has 0 aromatic heterocycles. The topological polar surface area (TPSA) is 21.3 Å². The van der Waals surface area contributed by atoms with E-state index in [0.717, 1.165) is 26.2 Å². The van der Waals surface area contributed by atoms with Crippen molar-refractivity contribution in [3.63, 3.8) is 0 Å². The van der Waals surface area contributed by atoms with Crippen LogP contribution in [0.4, 0.5) is 5.69 Å². The molecule has 17 heavy (non-hydrogen) atoms. The van der Waals surface area contributed by atoms with Crippen LogP contribution in [0.2, 0.25) is 0 Å². The lowest BCUT2D eigenvalue weighted by molar-refractivity contribution is 0.144. The lowest BCUT2D eigenvalue weighted by Crippen LogP contribution is -2.09. The summed E-state index contributed by atoms with van der Waals surface area (Å²) in [5, 5.41) is 5.96. The third-order valence-corrected chi connectivity index (χ3v) is 2.70. The van der Waals surface area contributed by atoms with Crippen molar-refractivity contribution < 1.29 is 4.74 Å². The second kappa shape index (κ2) is 6.26. The van der Waals surface area contributed by atoms with Crippen molar-refractivity contribution in [2.75, 3.05) is 25.1 Å². The smallest absolute Gasteiger partial charge is 0.0639 e. The number of hydrogen-bond donors (Lipinski definition) is 1. The maximum absolute atomic E-state index is 5.45. The second-order valence-corrected chi connectivity index (χ2v) is 4.07. The number of nitrogens with one attached hydrogen (secondary N) is 1. The van der Waals surface area contributed by atoms with Crippen molar-refractivity contribution in [3.8, 4) is 0 Å². The van der Waals surface area contributed by atoms with Gasteiger partial charge in [-0.2, -0.15) is 0 Å². The first-order valence-corrected chi connectivity index (χ1v) is 6.21. The van der Waals surface area contributed by atoms with Crippen molar-refractivity contribution in [1.82, 2.24) is 0 Å². The van der Waals surface area contributed by atoms with Crippen LogP contribution in [-0.2, 0) is 4.74 Å². The van der Waals surface area contributed by atoms with Crippen LogP contribution in [-0.4, -0.2) is 19.8 Å². The first-order chi connectivity index (χ1) is 8.42. The van der Waals surface area contributed by atoms with Crippen molar-refractivity contribution in [2.24, 2.45) is 0 Å². The molecular formula is C15H19NO. The Morgan fingerprint density at radius 2 is 1.82 bits per heavy atom. The molecule has 0 unspecified atom stereocenters. The maximum Gasteiger partial charge on any atom is 0.0639 e. The van der Waals surface area contributed by atoms with Gasteiger partial charge < -0.3 is 10.1 Å². The molecule has 2 heteroatoms. The first-order valence-electron chi connectivity index (χ1n) is 6.21. The summed E-state index contributed by atoms with van der Waals surface area (Å²) in [4.78, 5) is 0. The summed E-state index contributed by atoms with van der Waals surface area (Å²) < 4.78 is 5.45. The Morgan fingerprint density at radius 3 is 2.71 bits per heavy atom. The summed E-state index contributed by atoms with van der Waals surface area (Å²) in [6.45, 7) is 4.58. The van der Waals surface area contributed by atoms with Gasteiger partial charge in [-0.25, -0.2) is 0 Å². The number of rotatable bonds is 6. The number of fused-ring (bicyclic) bond motifs is 1. The minimum absolute atomic E-state index is 0.761. The highest BCUT2D eigenvalue weighted by Gasteiger charge is 1.98. The van der Waals surface area contributed by atoms with Crippen LogP contribution in [0.15, 0.2) is 42.5 Å². The summed E-state index contributed by atoms with van der Waals surface area (Å²) in [6.07, 6.45) is 1.08. The molecule has 0 fully saturated rings. The van der Waals surface area contributed by atoms with E-state index in [2.05, 4.69) is 54.7 Å². The molecule has 2 nitrogen and oxygen atoms in total. The summed E-state index contributed by atoms with van der Waals surface area (Å²) in [7, 11) is 0. The van der Waals surface area contributed by atoms with E-state index in [1.807, 2.05) is 0 Å². The molecule has 2 aromatic carbocycles. The number of benzene rings is 2. The van der Waals surface area contributed by atoms with Gasteiger partial charge in [0.1, 0.15) is 0 Å². The molecule has 0 aliphatic carbocycles. The van der Waals surface area contributed by atoms with Crippen LogP contribution in [0.5, 0.6) is 0 Å². The molecule has 1 N–H and O–H groups in total. The Bertz CT molecular complexity index is 462. The Labute approximate surface area is 103 Å². The van der Waals surface area contributed by atoms with E-state index in [9.17, 15) is 0 Å². The monoisotopic (exact) mass is 229 g/mol. The molecule has 0 heterocycles. The predicted molar refractivity (Wildman–Crippen MR) is 73.5 cm³/mol. The van der Waals surface area contributed by atoms with E-state index in [4.69, 9.17) is 4.74 Å². The summed E-state index contributed by atoms with van der Waals surface area (Å²) in [5.41, 5.74) is 1.18. The average molecular weight is 229 g/mol. The van der Waals surface area contributed by atoms with Crippen molar-refractivity contribution >= 4 is 16.5 Å². The Hall–Kier alpha value is -1.54. The molecule has 0 saturated carbocycles. The highest BCUT2D eigenvalue weighted by Crippen LogP contribution is 2.22. The number of hydrogen-bond acceptors (Lipinski definition) is 2. The Morgan fingerprint density at radius 1 is 1.00 bits per heavy atom. The summed E-state index contributed by atoms with van der Waals surface area (Å²) in [5.74, 6) is 0. The zero-order valence-corrected chi connectivity index (χ0v) is 10.3. The van der Waals surface area contributed by atoms with Gasteiger partial charge in [0.05, 0.1) is 6.61 Å². The van der Waals surface area contributed by atoms with Crippen molar-refractivity contribution in [2.45, 2.75) is 13.3 Å². The van der Waals surface area contributed by atoms with Crippen LogP contribution in [0.1, 0.15) is 13.3 Å². The van der Waals surface area contributed by atoms with Crippen LogP contribution in [0.25, 0.3) is 10.8 Å². The maximum atomic E-state index is 5.45. The fraction of sp³-hybridized carbons (Fsp3) is 0.333. The molecule has 0 radical (unpaired) electrons. The van der Waals surface area contributed by atoms with E-state index in [0.29, 0.717) is 0 Å².